The molecule has 0 fully saturated rings. The maximum absolute atomic E-state index is 12.4. The molecule has 160 valence electrons. The number of rotatable bonds is 6. The van der Waals surface area contributed by atoms with E-state index in [2.05, 4.69) is 28.5 Å². The highest BCUT2D eigenvalue weighted by atomic mass is 32.2. The van der Waals surface area contributed by atoms with Crippen molar-refractivity contribution in [2.45, 2.75) is 30.2 Å². The van der Waals surface area contributed by atoms with Crippen molar-refractivity contribution >= 4 is 29.0 Å². The number of fused-ring (bicyclic) bond motifs is 1. The fourth-order valence-corrected chi connectivity index (χ4v) is 4.68. The van der Waals surface area contributed by atoms with Crippen molar-refractivity contribution in [1.29, 1.82) is 5.26 Å². The molecule has 0 aliphatic heterocycles. The zero-order valence-corrected chi connectivity index (χ0v) is 18.0. The number of nitriles is 1. The average molecular weight is 445 g/mol. The Morgan fingerprint density at radius 1 is 1.22 bits per heavy atom. The van der Waals surface area contributed by atoms with Crippen molar-refractivity contribution in [3.8, 4) is 6.07 Å². The molecule has 0 bridgehead atoms. The monoisotopic (exact) mass is 444 g/mol. The SMILES string of the molecule is N#Cc1cc2c(nc1SCC(=O)Nc1ccccc1[N+](=O)[O-])CC[C@H](c1ccccc1)C2. The lowest BCUT2D eigenvalue weighted by atomic mass is 9.82. The van der Waals surface area contributed by atoms with Gasteiger partial charge in [0.25, 0.3) is 5.69 Å². The highest BCUT2D eigenvalue weighted by Gasteiger charge is 2.23. The molecule has 32 heavy (non-hydrogen) atoms. The minimum atomic E-state index is -0.537. The lowest BCUT2D eigenvalue weighted by Gasteiger charge is -2.25. The molecule has 0 saturated heterocycles. The number of hydrogen-bond donors (Lipinski definition) is 1. The Bertz CT molecular complexity index is 1210. The Morgan fingerprint density at radius 3 is 2.72 bits per heavy atom. The van der Waals surface area contributed by atoms with Crippen molar-refractivity contribution in [1.82, 2.24) is 4.98 Å². The molecule has 1 heterocycles. The Morgan fingerprint density at radius 2 is 1.97 bits per heavy atom. The van der Waals surface area contributed by atoms with Gasteiger partial charge in [-0.3, -0.25) is 14.9 Å². The van der Waals surface area contributed by atoms with Crippen LogP contribution >= 0.6 is 11.8 Å². The molecule has 4 rings (SSSR count). The van der Waals surface area contributed by atoms with Gasteiger partial charge >= 0.3 is 0 Å². The molecule has 3 aromatic rings. The van der Waals surface area contributed by atoms with E-state index in [0.29, 0.717) is 16.5 Å². The molecule has 0 saturated carbocycles. The second-order valence-electron chi connectivity index (χ2n) is 7.52. The number of carbonyl (C=O) groups is 1. The van der Waals surface area contributed by atoms with Gasteiger partial charge in [-0.15, -0.1) is 0 Å². The lowest BCUT2D eigenvalue weighted by Crippen LogP contribution is -2.17. The molecule has 1 aromatic heterocycles. The van der Waals surface area contributed by atoms with Crippen LogP contribution in [0.15, 0.2) is 65.7 Å². The third kappa shape index (κ3) is 4.79. The van der Waals surface area contributed by atoms with Gasteiger partial charge in [0, 0.05) is 11.8 Å². The first kappa shape index (κ1) is 21.5. The molecule has 2 aromatic carbocycles. The van der Waals surface area contributed by atoms with Crippen LogP contribution in [-0.4, -0.2) is 21.6 Å². The first-order valence-electron chi connectivity index (χ1n) is 10.2. The van der Waals surface area contributed by atoms with Gasteiger partial charge in [-0.1, -0.05) is 54.2 Å². The van der Waals surface area contributed by atoms with E-state index in [9.17, 15) is 20.2 Å². The van der Waals surface area contributed by atoms with Gasteiger partial charge in [0.15, 0.2) is 0 Å². The number of nitro groups is 1. The summed E-state index contributed by atoms with van der Waals surface area (Å²) in [5.41, 5.74) is 3.77. The number of para-hydroxylation sites is 2. The zero-order chi connectivity index (χ0) is 22.5. The van der Waals surface area contributed by atoms with Crippen LogP contribution in [0.2, 0.25) is 0 Å². The van der Waals surface area contributed by atoms with Crippen LogP contribution in [0.1, 0.15) is 34.7 Å². The smallest absolute Gasteiger partial charge is 0.292 e. The van der Waals surface area contributed by atoms with E-state index in [1.807, 2.05) is 24.3 Å². The Labute approximate surface area is 189 Å². The minimum absolute atomic E-state index is 0.000838. The van der Waals surface area contributed by atoms with Crippen LogP contribution in [0, 0.1) is 21.4 Å². The number of aryl methyl sites for hydroxylation is 1. The number of pyridine rings is 1. The molecular formula is C24H20N4O3S. The predicted molar refractivity (Wildman–Crippen MR) is 123 cm³/mol. The quantitative estimate of drug-likeness (QED) is 0.330. The number of nitro benzene ring substituents is 1. The first-order chi connectivity index (χ1) is 15.5. The number of nitrogens with one attached hydrogen (secondary N) is 1. The molecule has 0 spiro atoms. The molecule has 1 N–H and O–H groups in total. The van der Waals surface area contributed by atoms with E-state index in [4.69, 9.17) is 0 Å². The number of anilines is 1. The summed E-state index contributed by atoms with van der Waals surface area (Å²) in [5.74, 6) is 0.0129. The molecular weight excluding hydrogens is 424 g/mol. The number of nitrogens with zero attached hydrogens (tertiary/aromatic N) is 3. The highest BCUT2D eigenvalue weighted by molar-refractivity contribution is 8.00. The van der Waals surface area contributed by atoms with E-state index in [1.165, 1.54) is 29.5 Å². The number of amides is 1. The third-order valence-electron chi connectivity index (χ3n) is 5.46. The zero-order valence-electron chi connectivity index (χ0n) is 17.2. The molecule has 8 heteroatoms. The molecule has 1 aliphatic rings. The summed E-state index contributed by atoms with van der Waals surface area (Å²) in [6, 6.07) is 20.4. The van der Waals surface area contributed by atoms with E-state index in [1.54, 1.807) is 12.1 Å². The van der Waals surface area contributed by atoms with Crippen LogP contribution in [-0.2, 0) is 17.6 Å². The fraction of sp³-hybridized carbons (Fsp3) is 0.208. The lowest BCUT2D eigenvalue weighted by molar-refractivity contribution is -0.383. The van der Waals surface area contributed by atoms with E-state index >= 15 is 0 Å². The van der Waals surface area contributed by atoms with Crippen molar-refractivity contribution in [3.63, 3.8) is 0 Å². The van der Waals surface area contributed by atoms with Crippen LogP contribution in [0.5, 0.6) is 0 Å². The van der Waals surface area contributed by atoms with Gasteiger partial charge < -0.3 is 5.32 Å². The Kier molecular flexibility index (Phi) is 6.47. The molecule has 1 aliphatic carbocycles. The van der Waals surface area contributed by atoms with Gasteiger partial charge in [-0.25, -0.2) is 4.98 Å². The van der Waals surface area contributed by atoms with Gasteiger partial charge in [0.2, 0.25) is 5.91 Å². The molecule has 7 nitrogen and oxygen atoms in total. The maximum atomic E-state index is 12.4. The van der Waals surface area contributed by atoms with Crippen molar-refractivity contribution in [2.24, 2.45) is 0 Å². The largest absolute Gasteiger partial charge is 0.320 e. The van der Waals surface area contributed by atoms with Crippen LogP contribution in [0.3, 0.4) is 0 Å². The fourth-order valence-electron chi connectivity index (χ4n) is 3.90. The maximum Gasteiger partial charge on any atom is 0.292 e. The summed E-state index contributed by atoms with van der Waals surface area (Å²) in [6.07, 6.45) is 2.64. The number of aromatic nitrogens is 1. The number of thioether (sulfide) groups is 1. The van der Waals surface area contributed by atoms with Gasteiger partial charge in [0.1, 0.15) is 16.8 Å². The van der Waals surface area contributed by atoms with Crippen LogP contribution in [0.4, 0.5) is 11.4 Å². The summed E-state index contributed by atoms with van der Waals surface area (Å²) in [5, 5.41) is 23.8. The normalized spacial score (nSPS) is 14.8. The van der Waals surface area contributed by atoms with E-state index in [0.717, 1.165) is 30.5 Å². The number of hydrogen-bond acceptors (Lipinski definition) is 6. The molecule has 1 atom stereocenters. The Balaban J connectivity index is 1.46. The van der Waals surface area contributed by atoms with Crippen molar-refractivity contribution in [2.75, 3.05) is 11.1 Å². The second kappa shape index (κ2) is 9.62. The Hall–Kier alpha value is -3.70. The van der Waals surface area contributed by atoms with Gasteiger partial charge in [0.05, 0.1) is 16.2 Å². The average Bonchev–Trinajstić information content (AvgIpc) is 2.82. The van der Waals surface area contributed by atoms with E-state index in [-0.39, 0.29) is 17.1 Å². The summed E-state index contributed by atoms with van der Waals surface area (Å²) in [6.45, 7) is 0. The van der Waals surface area contributed by atoms with Crippen molar-refractivity contribution < 1.29 is 9.72 Å². The molecule has 0 unspecified atom stereocenters. The van der Waals surface area contributed by atoms with Crippen molar-refractivity contribution in [3.05, 3.63) is 93.2 Å². The third-order valence-corrected chi connectivity index (χ3v) is 6.45. The second-order valence-corrected chi connectivity index (χ2v) is 8.48. The molecule has 1 amide bonds. The summed E-state index contributed by atoms with van der Waals surface area (Å²) >= 11 is 1.17. The van der Waals surface area contributed by atoms with Gasteiger partial charge in [-0.2, -0.15) is 5.26 Å². The summed E-state index contributed by atoms with van der Waals surface area (Å²) in [7, 11) is 0. The standard InChI is InChI=1S/C24H20N4O3S/c25-14-19-13-18-12-17(16-6-2-1-3-7-16)10-11-20(18)27-24(19)32-15-23(29)26-21-8-4-5-9-22(21)28(30)31/h1-9,13,17H,10-12,15H2,(H,26,29)/t17-/m0/s1. The van der Waals surface area contributed by atoms with E-state index < -0.39 is 10.8 Å². The van der Waals surface area contributed by atoms with Crippen LogP contribution in [0.25, 0.3) is 0 Å². The summed E-state index contributed by atoms with van der Waals surface area (Å²) in [4.78, 5) is 27.7. The predicted octanol–water partition coefficient (Wildman–Crippen LogP) is 4.86. The number of benzene rings is 2. The number of carbonyl (C=O) groups excluding carboxylic acids is 1. The summed E-state index contributed by atoms with van der Waals surface area (Å²) < 4.78 is 0. The van der Waals surface area contributed by atoms with Gasteiger partial charge in [-0.05, 0) is 48.4 Å². The first-order valence-corrected chi connectivity index (χ1v) is 11.2. The molecule has 0 radical (unpaired) electrons. The topological polar surface area (TPSA) is 109 Å². The highest BCUT2D eigenvalue weighted by Crippen LogP contribution is 2.34. The minimum Gasteiger partial charge on any atom is -0.320 e. The van der Waals surface area contributed by atoms with Crippen LogP contribution < -0.4 is 5.32 Å².